The molecule has 0 atom stereocenters. The lowest BCUT2D eigenvalue weighted by Gasteiger charge is -2.40. The Balaban J connectivity index is 1.55. The molecule has 4 heteroatoms. The van der Waals surface area contributed by atoms with Crippen molar-refractivity contribution in [1.82, 2.24) is 4.90 Å². The summed E-state index contributed by atoms with van der Waals surface area (Å²) >= 11 is 0. The number of likely N-dealkylation sites (tertiary alicyclic amines) is 1. The summed E-state index contributed by atoms with van der Waals surface area (Å²) in [5.74, 6) is 0.968. The van der Waals surface area contributed by atoms with E-state index in [-0.39, 0.29) is 11.3 Å². The number of rotatable bonds is 6. The zero-order chi connectivity index (χ0) is 17.9. The minimum absolute atomic E-state index is 0.282. The Morgan fingerprint density at radius 2 is 1.84 bits per heavy atom. The van der Waals surface area contributed by atoms with Crippen LogP contribution < -0.4 is 10.6 Å². The minimum Gasteiger partial charge on any atom is -0.371 e. The average Bonchev–Trinajstić information content (AvgIpc) is 3.07. The molecule has 1 aromatic rings. The molecular formula is C21H33N3O. The monoisotopic (exact) mass is 343 g/mol. The van der Waals surface area contributed by atoms with Gasteiger partial charge in [-0.3, -0.25) is 4.79 Å². The summed E-state index contributed by atoms with van der Waals surface area (Å²) < 4.78 is 0. The number of piperidine rings is 1. The van der Waals surface area contributed by atoms with Gasteiger partial charge in [0.05, 0.1) is 5.41 Å². The van der Waals surface area contributed by atoms with Crippen LogP contribution in [0.1, 0.15) is 45.1 Å². The highest BCUT2D eigenvalue weighted by Crippen LogP contribution is 2.32. The van der Waals surface area contributed by atoms with Crippen molar-refractivity contribution in [3.63, 3.8) is 0 Å². The van der Waals surface area contributed by atoms with Crippen molar-refractivity contribution in [2.24, 2.45) is 17.1 Å². The van der Waals surface area contributed by atoms with Gasteiger partial charge in [0.1, 0.15) is 0 Å². The highest BCUT2D eigenvalue weighted by molar-refractivity contribution is 5.83. The fourth-order valence-corrected chi connectivity index (χ4v) is 4.49. The number of benzene rings is 1. The number of hydrogen-bond donors (Lipinski definition) is 1. The molecule has 0 aromatic heterocycles. The topological polar surface area (TPSA) is 49.6 Å². The Morgan fingerprint density at radius 3 is 2.48 bits per heavy atom. The largest absolute Gasteiger partial charge is 0.371 e. The van der Waals surface area contributed by atoms with E-state index >= 15 is 0 Å². The maximum Gasteiger partial charge on any atom is 0.230 e. The first-order valence-corrected chi connectivity index (χ1v) is 9.96. The Hall–Kier alpha value is -1.55. The molecule has 3 rings (SSSR count). The molecule has 138 valence electrons. The van der Waals surface area contributed by atoms with Gasteiger partial charge in [0.2, 0.25) is 5.91 Å². The van der Waals surface area contributed by atoms with Crippen molar-refractivity contribution in [1.29, 1.82) is 0 Å². The van der Waals surface area contributed by atoms with Crippen molar-refractivity contribution in [2.75, 3.05) is 37.6 Å². The second-order valence-corrected chi connectivity index (χ2v) is 7.75. The van der Waals surface area contributed by atoms with Crippen molar-refractivity contribution in [3.8, 4) is 0 Å². The van der Waals surface area contributed by atoms with Crippen LogP contribution in [0.2, 0.25) is 0 Å². The Kier molecular flexibility index (Phi) is 5.67. The van der Waals surface area contributed by atoms with Gasteiger partial charge < -0.3 is 15.5 Å². The fourth-order valence-electron chi connectivity index (χ4n) is 4.49. The smallest absolute Gasteiger partial charge is 0.230 e. The van der Waals surface area contributed by atoms with Crippen LogP contribution in [0.5, 0.6) is 0 Å². The zero-order valence-corrected chi connectivity index (χ0v) is 15.8. The van der Waals surface area contributed by atoms with Crippen molar-refractivity contribution in [3.05, 3.63) is 29.8 Å². The van der Waals surface area contributed by atoms with Gasteiger partial charge >= 0.3 is 0 Å². The van der Waals surface area contributed by atoms with Crippen LogP contribution in [-0.4, -0.2) is 43.5 Å². The summed E-state index contributed by atoms with van der Waals surface area (Å²) in [5, 5.41) is 0. The average molecular weight is 344 g/mol. The lowest BCUT2D eigenvalue weighted by molar-refractivity contribution is -0.143. The van der Waals surface area contributed by atoms with Crippen LogP contribution in [0.3, 0.4) is 0 Å². The molecule has 0 bridgehead atoms. The van der Waals surface area contributed by atoms with Crippen molar-refractivity contribution in [2.45, 2.75) is 46.0 Å². The van der Waals surface area contributed by atoms with Crippen LogP contribution in [-0.2, 0) is 11.2 Å². The molecule has 25 heavy (non-hydrogen) atoms. The van der Waals surface area contributed by atoms with E-state index in [1.165, 1.54) is 17.7 Å². The van der Waals surface area contributed by atoms with E-state index < -0.39 is 0 Å². The number of para-hydroxylation sites is 1. The lowest BCUT2D eigenvalue weighted by Crippen LogP contribution is -2.50. The summed E-state index contributed by atoms with van der Waals surface area (Å²) in [5.41, 5.74) is 8.51. The normalized spacial score (nSPS) is 18.5. The number of carbonyl (C=O) groups excluding carboxylic acids is 1. The van der Waals surface area contributed by atoms with Gasteiger partial charge in [-0.2, -0.15) is 0 Å². The number of anilines is 1. The van der Waals surface area contributed by atoms with E-state index in [1.807, 2.05) is 0 Å². The third-order valence-corrected chi connectivity index (χ3v) is 6.56. The zero-order valence-electron chi connectivity index (χ0n) is 15.8. The molecule has 2 heterocycles. The first kappa shape index (κ1) is 18.2. The molecule has 1 amide bonds. The Morgan fingerprint density at radius 1 is 1.16 bits per heavy atom. The van der Waals surface area contributed by atoms with Crippen molar-refractivity contribution < 1.29 is 4.79 Å². The number of nitrogens with zero attached hydrogens (tertiary/aromatic N) is 2. The van der Waals surface area contributed by atoms with E-state index in [1.54, 1.807) is 0 Å². The van der Waals surface area contributed by atoms with Gasteiger partial charge in [-0.25, -0.2) is 0 Å². The molecule has 0 spiro atoms. The molecule has 0 unspecified atom stereocenters. The summed E-state index contributed by atoms with van der Waals surface area (Å²) in [6, 6.07) is 8.77. The van der Waals surface area contributed by atoms with Gasteiger partial charge in [-0.15, -0.1) is 0 Å². The summed E-state index contributed by atoms with van der Waals surface area (Å²) in [4.78, 5) is 17.6. The number of carbonyl (C=O) groups is 1. The van der Waals surface area contributed by atoms with Gasteiger partial charge in [0, 0.05) is 38.4 Å². The van der Waals surface area contributed by atoms with Crippen LogP contribution in [0.15, 0.2) is 24.3 Å². The fraction of sp³-hybridized carbons (Fsp3) is 0.667. The van der Waals surface area contributed by atoms with E-state index in [0.717, 1.165) is 51.9 Å². The molecule has 4 nitrogen and oxygen atoms in total. The molecule has 0 radical (unpaired) electrons. The predicted octanol–water partition coefficient (Wildman–Crippen LogP) is 3.05. The van der Waals surface area contributed by atoms with Crippen molar-refractivity contribution >= 4 is 11.6 Å². The molecule has 1 aromatic carbocycles. The van der Waals surface area contributed by atoms with E-state index in [4.69, 9.17) is 5.73 Å². The summed E-state index contributed by atoms with van der Waals surface area (Å²) in [7, 11) is 0. The minimum atomic E-state index is -0.346. The molecule has 2 aliphatic heterocycles. The molecule has 0 saturated carbocycles. The molecule has 2 aliphatic rings. The Bertz CT molecular complexity index is 580. The summed E-state index contributed by atoms with van der Waals surface area (Å²) in [6.07, 6.45) is 5.06. The second-order valence-electron chi connectivity index (χ2n) is 7.75. The standard InChI is InChI=1S/C21H33N3O/c1-3-21(4-2,16-22)20(25)23-12-9-17(10-13-23)15-24-14-11-18-7-5-6-8-19(18)24/h5-8,17H,3-4,9-16,22H2,1-2H3. The quantitative estimate of drug-likeness (QED) is 0.864. The van der Waals surface area contributed by atoms with Gasteiger partial charge in [-0.05, 0) is 49.7 Å². The van der Waals surface area contributed by atoms with Crippen LogP contribution in [0.25, 0.3) is 0 Å². The maximum absolute atomic E-state index is 13.0. The van der Waals surface area contributed by atoms with Crippen LogP contribution >= 0.6 is 0 Å². The van der Waals surface area contributed by atoms with Gasteiger partial charge in [-0.1, -0.05) is 32.0 Å². The third kappa shape index (κ3) is 3.55. The number of amides is 1. The summed E-state index contributed by atoms with van der Waals surface area (Å²) in [6.45, 7) is 8.69. The third-order valence-electron chi connectivity index (χ3n) is 6.56. The predicted molar refractivity (Wildman–Crippen MR) is 104 cm³/mol. The molecule has 1 saturated heterocycles. The number of hydrogen-bond acceptors (Lipinski definition) is 3. The molecule has 1 fully saturated rings. The lowest BCUT2D eigenvalue weighted by atomic mass is 9.80. The molecule has 2 N–H and O–H groups in total. The number of nitrogens with two attached hydrogens (primary N) is 1. The van der Waals surface area contributed by atoms with E-state index in [0.29, 0.717) is 12.5 Å². The van der Waals surface area contributed by atoms with E-state index in [2.05, 4.69) is 47.9 Å². The molecule has 0 aliphatic carbocycles. The first-order valence-electron chi connectivity index (χ1n) is 9.96. The number of fused-ring (bicyclic) bond motifs is 1. The highest BCUT2D eigenvalue weighted by Gasteiger charge is 2.38. The highest BCUT2D eigenvalue weighted by atomic mass is 16.2. The molecular weight excluding hydrogens is 310 g/mol. The maximum atomic E-state index is 13.0. The van der Waals surface area contributed by atoms with Crippen LogP contribution in [0, 0.1) is 11.3 Å². The van der Waals surface area contributed by atoms with Gasteiger partial charge in [0.15, 0.2) is 0 Å². The first-order chi connectivity index (χ1) is 12.1. The SMILES string of the molecule is CCC(CC)(CN)C(=O)N1CCC(CN2CCc3ccccc32)CC1. The van der Waals surface area contributed by atoms with Gasteiger partial charge in [0.25, 0.3) is 0 Å². The Labute approximate surface area is 152 Å². The second kappa shape index (κ2) is 7.77. The van der Waals surface area contributed by atoms with Crippen LogP contribution in [0.4, 0.5) is 5.69 Å². The van der Waals surface area contributed by atoms with E-state index in [9.17, 15) is 4.79 Å².